The number of fused-ring (bicyclic) bond motifs is 2. The SMILES string of the molecule is COCCN1CC[C@@]2(CCN([C@@H]3CCc4cc(-c5cccc(-c6cccc(Nc7nc(C(F)(F)F)cc8c7c(=O)n(C)c(=O)n8C)c6Cl)c5Cl)nc(OC)c43)C2)NC1=O. The molecular weight excluding hydrogens is 812 g/mol. The number of hydrogen-bond donors (Lipinski definition) is 2. The van der Waals surface area contributed by atoms with Gasteiger partial charge in [0.05, 0.1) is 46.2 Å². The molecule has 1 aliphatic carbocycles. The van der Waals surface area contributed by atoms with Gasteiger partial charge in [-0.15, -0.1) is 0 Å². The first-order valence-electron chi connectivity index (χ1n) is 19.1. The molecule has 2 atom stereocenters. The van der Waals surface area contributed by atoms with E-state index in [-0.39, 0.29) is 39.2 Å². The molecule has 3 aromatic heterocycles. The number of ether oxygens (including phenoxy) is 2. The molecule has 0 unspecified atom stereocenters. The lowest BCUT2D eigenvalue weighted by Crippen LogP contribution is -2.61. The maximum absolute atomic E-state index is 14.0. The highest BCUT2D eigenvalue weighted by molar-refractivity contribution is 6.39. The number of halogens is 5. The van der Waals surface area contributed by atoms with Gasteiger partial charge in [-0.2, -0.15) is 13.2 Å². The summed E-state index contributed by atoms with van der Waals surface area (Å²) in [5.74, 6) is 0.0735. The number of pyridine rings is 2. The van der Waals surface area contributed by atoms with Crippen molar-refractivity contribution in [2.75, 3.05) is 52.3 Å². The smallest absolute Gasteiger partial charge is 0.433 e. The number of aryl methyl sites for hydroxylation is 2. The Hall–Kier alpha value is -5.16. The number of rotatable bonds is 9. The number of carbonyl (C=O) groups excluding carboxylic acids is 1. The molecule has 8 rings (SSSR count). The van der Waals surface area contributed by atoms with Crippen LogP contribution in [0.3, 0.4) is 0 Å². The monoisotopic (exact) mass is 852 g/mol. The Morgan fingerprint density at radius 2 is 1.66 bits per heavy atom. The number of urea groups is 1. The van der Waals surface area contributed by atoms with Gasteiger partial charge in [-0.1, -0.05) is 53.5 Å². The van der Waals surface area contributed by atoms with E-state index in [0.717, 1.165) is 59.0 Å². The Balaban J connectivity index is 1.10. The zero-order chi connectivity index (χ0) is 42.0. The lowest BCUT2D eigenvalue weighted by Gasteiger charge is -2.40. The Morgan fingerprint density at radius 1 is 0.949 bits per heavy atom. The number of benzene rings is 2. The second kappa shape index (κ2) is 15.5. The van der Waals surface area contributed by atoms with Gasteiger partial charge >= 0.3 is 17.9 Å². The highest BCUT2D eigenvalue weighted by Crippen LogP contribution is 2.47. The first-order valence-corrected chi connectivity index (χ1v) is 19.8. The summed E-state index contributed by atoms with van der Waals surface area (Å²) in [5.41, 5.74) is 0.987. The average Bonchev–Trinajstić information content (AvgIpc) is 3.83. The van der Waals surface area contributed by atoms with Crippen molar-refractivity contribution >= 4 is 51.6 Å². The first kappa shape index (κ1) is 40.6. The van der Waals surface area contributed by atoms with E-state index in [4.69, 9.17) is 37.7 Å². The molecule has 2 N–H and O–H groups in total. The Bertz CT molecular complexity index is 2640. The van der Waals surface area contributed by atoms with E-state index in [9.17, 15) is 27.6 Å². The van der Waals surface area contributed by atoms with E-state index in [0.29, 0.717) is 59.0 Å². The van der Waals surface area contributed by atoms with Crippen molar-refractivity contribution in [1.29, 1.82) is 0 Å². The molecule has 2 aromatic carbocycles. The predicted octanol–water partition coefficient (Wildman–Crippen LogP) is 6.93. The molecule has 2 aliphatic heterocycles. The van der Waals surface area contributed by atoms with E-state index >= 15 is 0 Å². The molecule has 3 aliphatic rings. The van der Waals surface area contributed by atoms with E-state index in [1.54, 1.807) is 37.3 Å². The van der Waals surface area contributed by atoms with Crippen LogP contribution >= 0.6 is 23.2 Å². The third-order valence-electron chi connectivity index (χ3n) is 11.8. The quantitative estimate of drug-likeness (QED) is 0.162. The zero-order valence-electron chi connectivity index (χ0n) is 32.7. The molecule has 0 saturated carbocycles. The van der Waals surface area contributed by atoms with Crippen LogP contribution in [0.15, 0.2) is 58.1 Å². The molecule has 2 amide bonds. The minimum absolute atomic E-state index is 0.0585. The zero-order valence-corrected chi connectivity index (χ0v) is 34.2. The summed E-state index contributed by atoms with van der Waals surface area (Å²) in [5, 5.41) is 6.35. The molecule has 13 nitrogen and oxygen atoms in total. The molecule has 5 aromatic rings. The van der Waals surface area contributed by atoms with Crippen LogP contribution in [0.4, 0.5) is 29.5 Å². The van der Waals surface area contributed by atoms with Crippen LogP contribution in [0.1, 0.15) is 42.1 Å². The van der Waals surface area contributed by atoms with Crippen LogP contribution in [0, 0.1) is 0 Å². The lowest BCUT2D eigenvalue weighted by atomic mass is 9.92. The van der Waals surface area contributed by atoms with Crippen molar-refractivity contribution in [2.24, 2.45) is 14.1 Å². The number of hydrogen-bond acceptors (Lipinski definition) is 9. The standard InChI is InChI=1S/C41H41Cl2F3N8O5/c1-51-29-20-30(41(44,45)46)49-35(32(29)37(55)52(2)39(51)57)47-26-10-6-8-24(34(26)43)23-7-5-9-25(33(23)42)27-19-22-11-12-28(31(22)36(48-27)59-4)54-16-14-40(21-54)13-15-53(17-18-58-3)38(56)50-40/h5-10,19-20,28H,11-18,21H2,1-4H3,(H,47,49)(H,50,56)/t28-,40+/m1/s1. The van der Waals surface area contributed by atoms with Crippen LogP contribution in [-0.4, -0.2) is 87.5 Å². The summed E-state index contributed by atoms with van der Waals surface area (Å²) in [6.45, 7) is 3.28. The van der Waals surface area contributed by atoms with Gasteiger partial charge in [0.25, 0.3) is 5.56 Å². The largest absolute Gasteiger partial charge is 0.481 e. The second-order valence-electron chi connectivity index (χ2n) is 15.2. The summed E-state index contributed by atoms with van der Waals surface area (Å²) in [6, 6.07) is 13.0. The van der Waals surface area contributed by atoms with E-state index in [2.05, 4.69) is 20.5 Å². The van der Waals surface area contributed by atoms with Gasteiger partial charge in [0.15, 0.2) is 0 Å². The fraction of sp³-hybridized carbons (Fsp3) is 0.390. The fourth-order valence-corrected chi connectivity index (χ4v) is 9.28. The van der Waals surface area contributed by atoms with Gasteiger partial charge in [0.2, 0.25) is 5.88 Å². The second-order valence-corrected chi connectivity index (χ2v) is 16.0. The van der Waals surface area contributed by atoms with Crippen molar-refractivity contribution in [3.63, 3.8) is 0 Å². The Kier molecular flexibility index (Phi) is 10.6. The minimum Gasteiger partial charge on any atom is -0.481 e. The number of carbonyl (C=O) groups is 1. The minimum atomic E-state index is -4.88. The molecule has 1 spiro atoms. The highest BCUT2D eigenvalue weighted by atomic mass is 35.5. The highest BCUT2D eigenvalue weighted by Gasteiger charge is 2.46. The number of nitrogens with zero attached hydrogens (tertiary/aromatic N) is 6. The number of amides is 2. The summed E-state index contributed by atoms with van der Waals surface area (Å²) in [4.78, 5) is 51.9. The maximum Gasteiger partial charge on any atom is 0.433 e. The molecule has 2 fully saturated rings. The van der Waals surface area contributed by atoms with Crippen molar-refractivity contribution in [2.45, 2.75) is 43.4 Å². The topological polar surface area (TPSA) is 136 Å². The number of anilines is 2. The summed E-state index contributed by atoms with van der Waals surface area (Å²) in [6.07, 6.45) is -1.52. The predicted molar refractivity (Wildman–Crippen MR) is 219 cm³/mol. The average molecular weight is 854 g/mol. The molecule has 0 bridgehead atoms. The fourth-order valence-electron chi connectivity index (χ4n) is 8.68. The van der Waals surface area contributed by atoms with Gasteiger partial charge in [-0.05, 0) is 49.4 Å². The summed E-state index contributed by atoms with van der Waals surface area (Å²) >= 11 is 14.1. The van der Waals surface area contributed by atoms with Crippen LogP contribution < -0.4 is 26.6 Å². The van der Waals surface area contributed by atoms with E-state index < -0.39 is 28.9 Å². The van der Waals surface area contributed by atoms with Gasteiger partial charge in [0, 0.05) is 75.7 Å². The summed E-state index contributed by atoms with van der Waals surface area (Å²) in [7, 11) is 5.73. The van der Waals surface area contributed by atoms with Crippen LogP contribution in [-0.2, 0) is 31.4 Å². The van der Waals surface area contributed by atoms with Crippen LogP contribution in [0.5, 0.6) is 5.88 Å². The molecule has 0 radical (unpaired) electrons. The first-order chi connectivity index (χ1) is 28.1. The van der Waals surface area contributed by atoms with E-state index in [1.807, 2.05) is 18.2 Å². The third kappa shape index (κ3) is 7.19. The number of alkyl halides is 3. The number of likely N-dealkylation sites (tertiary alicyclic amines) is 1. The van der Waals surface area contributed by atoms with Crippen LogP contribution in [0.25, 0.3) is 33.3 Å². The Morgan fingerprint density at radius 3 is 2.37 bits per heavy atom. The van der Waals surface area contributed by atoms with Gasteiger partial charge in [0.1, 0.15) is 16.9 Å². The Labute approximate surface area is 346 Å². The maximum atomic E-state index is 14.0. The van der Waals surface area contributed by atoms with Gasteiger partial charge in [-0.25, -0.2) is 19.6 Å². The normalized spacial score (nSPS) is 19.4. The molecule has 5 heterocycles. The number of aromatic nitrogens is 4. The molecule has 18 heteroatoms. The van der Waals surface area contributed by atoms with E-state index in [1.165, 1.54) is 20.2 Å². The third-order valence-corrected chi connectivity index (χ3v) is 12.6. The van der Waals surface area contributed by atoms with Crippen molar-refractivity contribution in [3.8, 4) is 28.3 Å². The molecule has 2 saturated heterocycles. The molecular formula is C41H41Cl2F3N8O5. The van der Waals surface area contributed by atoms with Crippen molar-refractivity contribution in [3.05, 3.63) is 96.2 Å². The lowest BCUT2D eigenvalue weighted by molar-refractivity contribution is -0.141. The summed E-state index contributed by atoms with van der Waals surface area (Å²) < 4.78 is 55.0. The number of methoxy groups -OCH3 is 2. The molecule has 59 heavy (non-hydrogen) atoms. The number of nitrogens with one attached hydrogen (secondary N) is 2. The van der Waals surface area contributed by atoms with Crippen molar-refractivity contribution < 1.29 is 27.4 Å². The van der Waals surface area contributed by atoms with Gasteiger partial charge < -0.3 is 25.0 Å². The van der Waals surface area contributed by atoms with Crippen LogP contribution in [0.2, 0.25) is 10.0 Å². The van der Waals surface area contributed by atoms with Gasteiger partial charge in [-0.3, -0.25) is 18.8 Å². The van der Waals surface area contributed by atoms with Crippen molar-refractivity contribution in [1.82, 2.24) is 34.2 Å². The molecule has 310 valence electrons.